The Bertz CT molecular complexity index is 572. The molecule has 1 atom stereocenters. The number of anilines is 1. The standard InChI is InChI=1S/C16H16BrNO2/c1-2-15(20-12-8-4-3-5-9-12)16(19)18-14-11-7-6-10-13(14)17/h3-11,15H,2H2,1H3,(H,18,19)/t15-/m1/s1. The van der Waals surface area contributed by atoms with E-state index in [1.807, 2.05) is 61.5 Å². The molecule has 0 aliphatic carbocycles. The van der Waals surface area contributed by atoms with Gasteiger partial charge in [0.25, 0.3) is 5.91 Å². The van der Waals surface area contributed by atoms with Gasteiger partial charge in [0.1, 0.15) is 5.75 Å². The van der Waals surface area contributed by atoms with Crippen LogP contribution >= 0.6 is 15.9 Å². The van der Waals surface area contributed by atoms with Gasteiger partial charge in [0.05, 0.1) is 5.69 Å². The molecule has 1 N–H and O–H groups in total. The Kier molecular flexibility index (Phi) is 5.18. The lowest BCUT2D eigenvalue weighted by atomic mass is 10.2. The molecule has 0 unspecified atom stereocenters. The minimum atomic E-state index is -0.510. The lowest BCUT2D eigenvalue weighted by Gasteiger charge is -2.17. The number of amides is 1. The molecule has 20 heavy (non-hydrogen) atoms. The summed E-state index contributed by atoms with van der Waals surface area (Å²) in [7, 11) is 0. The molecule has 2 aromatic carbocycles. The SMILES string of the molecule is CC[C@@H](Oc1ccccc1)C(=O)Nc1ccccc1Br. The van der Waals surface area contributed by atoms with Crippen LogP contribution in [0.3, 0.4) is 0 Å². The van der Waals surface area contributed by atoms with Crippen LogP contribution in [0.15, 0.2) is 59.1 Å². The van der Waals surface area contributed by atoms with Crippen molar-refractivity contribution in [3.63, 3.8) is 0 Å². The van der Waals surface area contributed by atoms with E-state index in [1.165, 1.54) is 0 Å². The highest BCUT2D eigenvalue weighted by molar-refractivity contribution is 9.10. The van der Waals surface area contributed by atoms with Crippen molar-refractivity contribution in [2.24, 2.45) is 0 Å². The Hall–Kier alpha value is -1.81. The highest BCUT2D eigenvalue weighted by atomic mass is 79.9. The summed E-state index contributed by atoms with van der Waals surface area (Å²) in [5.74, 6) is 0.546. The first-order chi connectivity index (χ1) is 9.70. The molecule has 0 spiro atoms. The van der Waals surface area contributed by atoms with Gasteiger partial charge in [-0.25, -0.2) is 0 Å². The molecule has 2 rings (SSSR count). The van der Waals surface area contributed by atoms with Crippen LogP contribution in [0.1, 0.15) is 13.3 Å². The van der Waals surface area contributed by atoms with Crippen LogP contribution in [-0.4, -0.2) is 12.0 Å². The van der Waals surface area contributed by atoms with Crippen molar-refractivity contribution in [1.29, 1.82) is 0 Å². The molecule has 0 aliphatic rings. The van der Waals surface area contributed by atoms with Crippen molar-refractivity contribution in [2.45, 2.75) is 19.4 Å². The molecule has 2 aromatic rings. The molecule has 0 fully saturated rings. The van der Waals surface area contributed by atoms with Crippen molar-refractivity contribution >= 4 is 27.5 Å². The van der Waals surface area contributed by atoms with Crippen LogP contribution in [0.4, 0.5) is 5.69 Å². The summed E-state index contributed by atoms with van der Waals surface area (Å²) in [5.41, 5.74) is 0.743. The van der Waals surface area contributed by atoms with Crippen LogP contribution in [0.5, 0.6) is 5.75 Å². The first kappa shape index (κ1) is 14.6. The molecule has 0 aliphatic heterocycles. The van der Waals surface area contributed by atoms with E-state index >= 15 is 0 Å². The Labute approximate surface area is 127 Å². The number of halogens is 1. The van der Waals surface area contributed by atoms with Crippen molar-refractivity contribution in [3.8, 4) is 5.75 Å². The molecule has 1 amide bonds. The second-order valence-corrected chi connectivity index (χ2v) is 5.15. The highest BCUT2D eigenvalue weighted by Gasteiger charge is 2.19. The Morgan fingerprint density at radius 2 is 1.80 bits per heavy atom. The van der Waals surface area contributed by atoms with Crippen molar-refractivity contribution in [2.75, 3.05) is 5.32 Å². The normalized spacial score (nSPS) is 11.7. The van der Waals surface area contributed by atoms with Crippen molar-refractivity contribution in [3.05, 3.63) is 59.1 Å². The van der Waals surface area contributed by atoms with Crippen LogP contribution in [0, 0.1) is 0 Å². The summed E-state index contributed by atoms with van der Waals surface area (Å²) in [6, 6.07) is 16.9. The monoisotopic (exact) mass is 333 g/mol. The zero-order valence-corrected chi connectivity index (χ0v) is 12.8. The summed E-state index contributed by atoms with van der Waals surface area (Å²) >= 11 is 3.41. The van der Waals surface area contributed by atoms with Crippen LogP contribution in [0.25, 0.3) is 0 Å². The van der Waals surface area contributed by atoms with Crippen LogP contribution < -0.4 is 10.1 Å². The number of nitrogens with one attached hydrogen (secondary N) is 1. The minimum Gasteiger partial charge on any atom is -0.481 e. The van der Waals surface area contributed by atoms with E-state index in [-0.39, 0.29) is 5.91 Å². The fourth-order valence-electron chi connectivity index (χ4n) is 1.76. The average Bonchev–Trinajstić information content (AvgIpc) is 2.48. The van der Waals surface area contributed by atoms with Gasteiger partial charge in [-0.15, -0.1) is 0 Å². The van der Waals surface area contributed by atoms with E-state index in [4.69, 9.17) is 4.74 Å². The first-order valence-corrected chi connectivity index (χ1v) is 7.27. The maximum atomic E-state index is 12.2. The molecule has 104 valence electrons. The summed E-state index contributed by atoms with van der Waals surface area (Å²) in [4.78, 5) is 12.2. The van der Waals surface area contributed by atoms with E-state index in [2.05, 4.69) is 21.2 Å². The molecule has 0 bridgehead atoms. The van der Waals surface area contributed by atoms with E-state index in [0.29, 0.717) is 12.2 Å². The fourth-order valence-corrected chi connectivity index (χ4v) is 2.15. The Morgan fingerprint density at radius 3 is 2.45 bits per heavy atom. The maximum Gasteiger partial charge on any atom is 0.265 e. The molecule has 0 saturated heterocycles. The van der Waals surface area contributed by atoms with Gasteiger partial charge in [0.2, 0.25) is 0 Å². The molecule has 0 radical (unpaired) electrons. The quantitative estimate of drug-likeness (QED) is 0.888. The number of hydrogen-bond acceptors (Lipinski definition) is 2. The van der Waals surface area contributed by atoms with Gasteiger partial charge >= 0.3 is 0 Å². The van der Waals surface area contributed by atoms with Gasteiger partial charge in [-0.2, -0.15) is 0 Å². The lowest BCUT2D eigenvalue weighted by molar-refractivity contribution is -0.122. The Balaban J connectivity index is 2.04. The summed E-state index contributed by atoms with van der Waals surface area (Å²) < 4.78 is 6.56. The van der Waals surface area contributed by atoms with Crippen molar-refractivity contribution in [1.82, 2.24) is 0 Å². The number of ether oxygens (including phenoxy) is 1. The predicted molar refractivity (Wildman–Crippen MR) is 83.9 cm³/mol. The van der Waals surface area contributed by atoms with E-state index in [1.54, 1.807) is 0 Å². The lowest BCUT2D eigenvalue weighted by Crippen LogP contribution is -2.32. The number of rotatable bonds is 5. The van der Waals surface area contributed by atoms with Gasteiger partial charge in [0, 0.05) is 4.47 Å². The third kappa shape index (κ3) is 3.84. The fraction of sp³-hybridized carbons (Fsp3) is 0.188. The smallest absolute Gasteiger partial charge is 0.265 e. The van der Waals surface area contributed by atoms with Crippen LogP contribution in [-0.2, 0) is 4.79 Å². The maximum absolute atomic E-state index is 12.2. The van der Waals surface area contributed by atoms with E-state index in [9.17, 15) is 4.79 Å². The number of hydrogen-bond donors (Lipinski definition) is 1. The molecular formula is C16H16BrNO2. The summed E-state index contributed by atoms with van der Waals surface area (Å²) in [6.45, 7) is 1.92. The topological polar surface area (TPSA) is 38.3 Å². The summed E-state index contributed by atoms with van der Waals surface area (Å²) in [6.07, 6.45) is 0.0926. The molecule has 4 heteroatoms. The average molecular weight is 334 g/mol. The van der Waals surface area contributed by atoms with E-state index in [0.717, 1.165) is 10.2 Å². The third-order valence-electron chi connectivity index (χ3n) is 2.82. The number of carbonyl (C=O) groups is 1. The summed E-state index contributed by atoms with van der Waals surface area (Å²) in [5, 5.41) is 2.87. The van der Waals surface area contributed by atoms with Crippen molar-refractivity contribution < 1.29 is 9.53 Å². The number of benzene rings is 2. The predicted octanol–water partition coefficient (Wildman–Crippen LogP) is 4.25. The number of carbonyl (C=O) groups excluding carboxylic acids is 1. The number of para-hydroxylation sites is 2. The molecule has 0 heterocycles. The van der Waals surface area contributed by atoms with Gasteiger partial charge in [-0.3, -0.25) is 4.79 Å². The molecular weight excluding hydrogens is 318 g/mol. The zero-order chi connectivity index (χ0) is 14.4. The zero-order valence-electron chi connectivity index (χ0n) is 11.2. The highest BCUT2D eigenvalue weighted by Crippen LogP contribution is 2.22. The second kappa shape index (κ2) is 7.10. The van der Waals surface area contributed by atoms with Crippen LogP contribution in [0.2, 0.25) is 0 Å². The van der Waals surface area contributed by atoms with Gasteiger partial charge in [0.15, 0.2) is 6.10 Å². The van der Waals surface area contributed by atoms with Gasteiger partial charge in [-0.05, 0) is 46.6 Å². The third-order valence-corrected chi connectivity index (χ3v) is 3.51. The van der Waals surface area contributed by atoms with Gasteiger partial charge in [-0.1, -0.05) is 37.3 Å². The minimum absolute atomic E-state index is 0.150. The second-order valence-electron chi connectivity index (χ2n) is 4.30. The molecule has 3 nitrogen and oxygen atoms in total. The van der Waals surface area contributed by atoms with Gasteiger partial charge < -0.3 is 10.1 Å². The van der Waals surface area contributed by atoms with E-state index < -0.39 is 6.10 Å². The largest absolute Gasteiger partial charge is 0.481 e. The Morgan fingerprint density at radius 1 is 1.15 bits per heavy atom. The molecule has 0 saturated carbocycles. The molecule has 0 aromatic heterocycles. The first-order valence-electron chi connectivity index (χ1n) is 6.47.